The summed E-state index contributed by atoms with van der Waals surface area (Å²) in [5, 5.41) is 13.4. The molecule has 0 aliphatic carbocycles. The van der Waals surface area contributed by atoms with Gasteiger partial charge in [0.2, 0.25) is 5.89 Å². The molecule has 0 spiro atoms. The molecule has 2 aromatic rings. The van der Waals surface area contributed by atoms with Gasteiger partial charge in [-0.15, -0.1) is 5.10 Å². The van der Waals surface area contributed by atoms with Crippen molar-refractivity contribution >= 4 is 11.7 Å². The van der Waals surface area contributed by atoms with E-state index in [4.69, 9.17) is 4.42 Å². The van der Waals surface area contributed by atoms with Crippen LogP contribution >= 0.6 is 0 Å². The summed E-state index contributed by atoms with van der Waals surface area (Å²) in [5.41, 5.74) is 0.880. The second kappa shape index (κ2) is 5.14. The number of nitrogens with zero attached hydrogens (tertiary/aromatic N) is 2. The van der Waals surface area contributed by atoms with Crippen molar-refractivity contribution in [2.24, 2.45) is 0 Å². The maximum Gasteiger partial charge on any atom is 0.320 e. The SMILES string of the molecule is CNC(C)c1nnc(Nc2cccc(C)c2F)o1. The summed E-state index contributed by atoms with van der Waals surface area (Å²) < 4.78 is 19.1. The average Bonchev–Trinajstić information content (AvgIpc) is 2.82. The molecule has 1 unspecified atom stereocenters. The van der Waals surface area contributed by atoms with Gasteiger partial charge in [0.1, 0.15) is 5.82 Å². The molecule has 0 saturated heterocycles. The molecular formula is C12H15FN4O. The standard InChI is InChI=1S/C12H15FN4O/c1-7-5-4-6-9(10(7)13)15-12-17-16-11(18-12)8(2)14-3/h4-6,8,14H,1-3H3,(H,15,17). The quantitative estimate of drug-likeness (QED) is 0.873. The first-order valence-corrected chi connectivity index (χ1v) is 5.64. The molecule has 1 aromatic heterocycles. The van der Waals surface area contributed by atoms with Crippen LogP contribution in [0.2, 0.25) is 0 Å². The lowest BCUT2D eigenvalue weighted by Gasteiger charge is -2.05. The van der Waals surface area contributed by atoms with Crippen LogP contribution in [0.15, 0.2) is 22.6 Å². The molecule has 0 radical (unpaired) electrons. The second-order valence-electron chi connectivity index (χ2n) is 4.02. The fourth-order valence-corrected chi connectivity index (χ4v) is 1.44. The minimum absolute atomic E-state index is 0.0459. The zero-order valence-corrected chi connectivity index (χ0v) is 10.5. The molecule has 2 rings (SSSR count). The Balaban J connectivity index is 2.19. The largest absolute Gasteiger partial charge is 0.406 e. The van der Waals surface area contributed by atoms with Gasteiger partial charge in [-0.25, -0.2) is 4.39 Å². The molecule has 96 valence electrons. The molecule has 2 N–H and O–H groups in total. The lowest BCUT2D eigenvalue weighted by molar-refractivity contribution is 0.443. The van der Waals surface area contributed by atoms with Crippen LogP contribution in [0, 0.1) is 12.7 Å². The van der Waals surface area contributed by atoms with Crippen molar-refractivity contribution in [2.75, 3.05) is 12.4 Å². The Bertz CT molecular complexity index is 541. The number of nitrogens with one attached hydrogen (secondary N) is 2. The topological polar surface area (TPSA) is 63.0 Å². The van der Waals surface area contributed by atoms with Crippen LogP contribution in [0.1, 0.15) is 24.4 Å². The Morgan fingerprint density at radius 3 is 2.83 bits per heavy atom. The molecule has 1 aromatic carbocycles. The summed E-state index contributed by atoms with van der Waals surface area (Å²) in [4.78, 5) is 0. The molecule has 0 aliphatic heterocycles. The van der Waals surface area contributed by atoms with Crippen LogP contribution < -0.4 is 10.6 Å². The van der Waals surface area contributed by atoms with E-state index in [2.05, 4.69) is 20.8 Å². The van der Waals surface area contributed by atoms with Crippen molar-refractivity contribution in [2.45, 2.75) is 19.9 Å². The van der Waals surface area contributed by atoms with E-state index in [9.17, 15) is 4.39 Å². The highest BCUT2D eigenvalue weighted by molar-refractivity contribution is 5.54. The van der Waals surface area contributed by atoms with Gasteiger partial charge in [0, 0.05) is 0 Å². The molecule has 1 atom stereocenters. The molecular weight excluding hydrogens is 235 g/mol. The third-order valence-corrected chi connectivity index (χ3v) is 2.68. The van der Waals surface area contributed by atoms with Crippen LogP contribution in [-0.2, 0) is 0 Å². The van der Waals surface area contributed by atoms with Crippen molar-refractivity contribution in [1.82, 2.24) is 15.5 Å². The fourth-order valence-electron chi connectivity index (χ4n) is 1.44. The number of anilines is 2. The van der Waals surface area contributed by atoms with Crippen molar-refractivity contribution in [3.63, 3.8) is 0 Å². The van der Waals surface area contributed by atoms with E-state index in [0.29, 0.717) is 17.1 Å². The first-order valence-electron chi connectivity index (χ1n) is 5.64. The fraction of sp³-hybridized carbons (Fsp3) is 0.333. The van der Waals surface area contributed by atoms with Gasteiger partial charge in [-0.1, -0.05) is 17.2 Å². The monoisotopic (exact) mass is 250 g/mol. The highest BCUT2D eigenvalue weighted by Gasteiger charge is 2.13. The summed E-state index contributed by atoms with van der Waals surface area (Å²) >= 11 is 0. The normalized spacial score (nSPS) is 12.4. The number of aryl methyl sites for hydroxylation is 1. The number of hydrogen-bond donors (Lipinski definition) is 2. The summed E-state index contributed by atoms with van der Waals surface area (Å²) in [6.45, 7) is 3.59. The Morgan fingerprint density at radius 1 is 1.33 bits per heavy atom. The van der Waals surface area contributed by atoms with E-state index in [0.717, 1.165) is 0 Å². The van der Waals surface area contributed by atoms with Crippen molar-refractivity contribution in [1.29, 1.82) is 0 Å². The maximum absolute atomic E-state index is 13.8. The van der Waals surface area contributed by atoms with Crippen molar-refractivity contribution < 1.29 is 8.81 Å². The number of rotatable bonds is 4. The highest BCUT2D eigenvalue weighted by atomic mass is 19.1. The number of benzene rings is 1. The molecule has 0 amide bonds. The van der Waals surface area contributed by atoms with Crippen LogP contribution in [-0.4, -0.2) is 17.2 Å². The minimum Gasteiger partial charge on any atom is -0.406 e. The molecule has 5 nitrogen and oxygen atoms in total. The van der Waals surface area contributed by atoms with Crippen LogP contribution in [0.5, 0.6) is 0 Å². The molecule has 0 saturated carbocycles. The van der Waals surface area contributed by atoms with E-state index >= 15 is 0 Å². The van der Waals surface area contributed by atoms with Gasteiger partial charge in [-0.05, 0) is 32.5 Å². The first kappa shape index (κ1) is 12.5. The van der Waals surface area contributed by atoms with Gasteiger partial charge in [0.25, 0.3) is 0 Å². The first-order chi connectivity index (χ1) is 8.61. The van der Waals surface area contributed by atoms with E-state index in [1.807, 2.05) is 6.92 Å². The van der Waals surface area contributed by atoms with E-state index in [1.165, 1.54) is 0 Å². The maximum atomic E-state index is 13.8. The minimum atomic E-state index is -0.320. The van der Waals surface area contributed by atoms with E-state index in [-0.39, 0.29) is 17.9 Å². The molecule has 0 bridgehead atoms. The summed E-state index contributed by atoms with van der Waals surface area (Å²) in [7, 11) is 1.79. The summed E-state index contributed by atoms with van der Waals surface area (Å²) in [5.74, 6) is 0.131. The van der Waals surface area contributed by atoms with E-state index in [1.54, 1.807) is 32.2 Å². The van der Waals surface area contributed by atoms with Gasteiger partial charge >= 0.3 is 6.01 Å². The van der Waals surface area contributed by atoms with Gasteiger partial charge < -0.3 is 15.1 Å². The van der Waals surface area contributed by atoms with Crippen molar-refractivity contribution in [3.8, 4) is 0 Å². The lowest BCUT2D eigenvalue weighted by Crippen LogP contribution is -2.12. The zero-order valence-electron chi connectivity index (χ0n) is 10.5. The lowest BCUT2D eigenvalue weighted by atomic mass is 10.2. The van der Waals surface area contributed by atoms with Gasteiger partial charge in [-0.2, -0.15) is 0 Å². The number of hydrogen-bond acceptors (Lipinski definition) is 5. The summed E-state index contributed by atoms with van der Waals surface area (Å²) in [6, 6.07) is 5.21. The predicted octanol–water partition coefficient (Wildman–Crippen LogP) is 2.54. The Hall–Kier alpha value is -1.95. The summed E-state index contributed by atoms with van der Waals surface area (Å²) in [6.07, 6.45) is 0. The highest BCUT2D eigenvalue weighted by Crippen LogP contribution is 2.22. The second-order valence-corrected chi connectivity index (χ2v) is 4.02. The third-order valence-electron chi connectivity index (χ3n) is 2.68. The molecule has 1 heterocycles. The van der Waals surface area contributed by atoms with Gasteiger partial charge in [0.05, 0.1) is 11.7 Å². The Morgan fingerprint density at radius 2 is 2.11 bits per heavy atom. The third kappa shape index (κ3) is 2.48. The predicted molar refractivity (Wildman–Crippen MR) is 66.2 cm³/mol. The van der Waals surface area contributed by atoms with Crippen molar-refractivity contribution in [3.05, 3.63) is 35.5 Å². The van der Waals surface area contributed by atoms with Crippen LogP contribution in [0.4, 0.5) is 16.1 Å². The molecule has 0 fully saturated rings. The van der Waals surface area contributed by atoms with Crippen LogP contribution in [0.25, 0.3) is 0 Å². The zero-order chi connectivity index (χ0) is 13.1. The van der Waals surface area contributed by atoms with Crippen LogP contribution in [0.3, 0.4) is 0 Å². The number of halogens is 1. The Labute approximate surface area is 104 Å². The average molecular weight is 250 g/mol. The molecule has 6 heteroatoms. The van der Waals surface area contributed by atoms with Gasteiger partial charge in [0.15, 0.2) is 0 Å². The van der Waals surface area contributed by atoms with E-state index < -0.39 is 0 Å². The molecule has 18 heavy (non-hydrogen) atoms. The smallest absolute Gasteiger partial charge is 0.320 e. The molecule has 0 aliphatic rings. The Kier molecular flexibility index (Phi) is 3.57. The number of aromatic nitrogens is 2. The van der Waals surface area contributed by atoms with Gasteiger partial charge in [-0.3, -0.25) is 0 Å².